The Morgan fingerprint density at radius 2 is 2.12 bits per heavy atom. The zero-order valence-electron chi connectivity index (χ0n) is 24.5. The van der Waals surface area contributed by atoms with Gasteiger partial charge in [-0.05, 0) is 57.1 Å². The number of benzene rings is 2. The largest absolute Gasteiger partial charge is 0.461 e. The monoisotopic (exact) mass is 580 g/mol. The Hall–Kier alpha value is -4.13. The van der Waals surface area contributed by atoms with Crippen molar-refractivity contribution in [2.45, 2.75) is 50.2 Å². The molecular weight excluding hydrogens is 546 g/mol. The highest BCUT2D eigenvalue weighted by molar-refractivity contribution is 6.02. The number of likely N-dealkylation sites (N-methyl/N-ethyl adjacent to an activating group) is 1. The van der Waals surface area contributed by atoms with Gasteiger partial charge in [0.2, 0.25) is 0 Å². The highest BCUT2D eigenvalue weighted by Gasteiger charge is 2.46. The lowest BCUT2D eigenvalue weighted by molar-refractivity contribution is 0.108. The molecule has 0 unspecified atom stereocenters. The number of aromatic nitrogens is 3. The van der Waals surface area contributed by atoms with Gasteiger partial charge in [0.25, 0.3) is 0 Å². The van der Waals surface area contributed by atoms with E-state index in [-0.39, 0.29) is 40.4 Å². The van der Waals surface area contributed by atoms with Crippen LogP contribution >= 0.6 is 0 Å². The van der Waals surface area contributed by atoms with Crippen LogP contribution in [-0.2, 0) is 0 Å². The van der Waals surface area contributed by atoms with Crippen LogP contribution in [0.25, 0.3) is 32.9 Å². The summed E-state index contributed by atoms with van der Waals surface area (Å²) >= 11 is 0. The van der Waals surface area contributed by atoms with Gasteiger partial charge < -0.3 is 15.0 Å². The number of nitrogens with one attached hydrogen (secondary N) is 1. The van der Waals surface area contributed by atoms with Crippen LogP contribution in [0.2, 0.25) is 0 Å². The first-order valence-corrected chi connectivity index (χ1v) is 14.8. The molecule has 3 atom stereocenters. The number of rotatable bonds is 6. The first kappa shape index (κ1) is 27.7. The van der Waals surface area contributed by atoms with Crippen molar-refractivity contribution in [1.82, 2.24) is 25.2 Å². The zero-order valence-corrected chi connectivity index (χ0v) is 24.5. The van der Waals surface area contributed by atoms with E-state index < -0.39 is 11.6 Å². The molecule has 9 heteroatoms. The Bertz CT molecular complexity index is 1820. The molecule has 3 aliphatic heterocycles. The number of nitrogens with zero attached hydrogens (tertiary/aromatic N) is 5. The van der Waals surface area contributed by atoms with Gasteiger partial charge >= 0.3 is 6.01 Å². The summed E-state index contributed by atoms with van der Waals surface area (Å²) in [7, 11) is 1.97. The standard InChI is InChI=1S/C34H34F2N6O/c1-5-23-26(35)11-10-22-8-6-9-24(28(22)23)30-29(36)31-25(17-38-30)32(41(4)27-12-14-37-21(27)3)40-33(39-31)43-19-34-13-7-15-42(34)18-20(2)16-34/h1,6,8-11,17,21,27,37H,2,7,12-16,18-19H2,3-4H3/t21-,27-,34+/m1/s1. The third kappa shape index (κ3) is 4.52. The van der Waals surface area contributed by atoms with Crippen LogP contribution in [0.4, 0.5) is 14.6 Å². The molecule has 0 bridgehead atoms. The first-order valence-electron chi connectivity index (χ1n) is 14.8. The van der Waals surface area contributed by atoms with E-state index in [0.29, 0.717) is 34.1 Å². The van der Waals surface area contributed by atoms with Crippen LogP contribution in [0.3, 0.4) is 0 Å². The molecule has 0 spiro atoms. The number of hydrogen-bond donors (Lipinski definition) is 1. The van der Waals surface area contributed by atoms with E-state index in [1.54, 1.807) is 24.4 Å². The number of hydrogen-bond acceptors (Lipinski definition) is 7. The second kappa shape index (κ2) is 10.5. The fraction of sp³-hybridized carbons (Fsp3) is 0.382. The number of anilines is 1. The Morgan fingerprint density at radius 1 is 1.26 bits per heavy atom. The third-order valence-corrected chi connectivity index (χ3v) is 9.56. The van der Waals surface area contributed by atoms with Crippen LogP contribution in [0, 0.1) is 24.0 Å². The van der Waals surface area contributed by atoms with Crippen molar-refractivity contribution in [3.8, 4) is 29.6 Å². The molecule has 0 amide bonds. The van der Waals surface area contributed by atoms with Gasteiger partial charge in [0, 0.05) is 42.8 Å². The van der Waals surface area contributed by atoms with Crippen molar-refractivity contribution in [3.05, 3.63) is 65.9 Å². The summed E-state index contributed by atoms with van der Waals surface area (Å²) in [5, 5.41) is 5.09. The molecule has 0 saturated carbocycles. The molecule has 220 valence electrons. The topological polar surface area (TPSA) is 66.4 Å². The summed E-state index contributed by atoms with van der Waals surface area (Å²) in [6, 6.07) is 8.76. The summed E-state index contributed by atoms with van der Waals surface area (Å²) in [5.74, 6) is 1.83. The Labute approximate surface area is 250 Å². The van der Waals surface area contributed by atoms with E-state index in [2.05, 4.69) is 44.5 Å². The summed E-state index contributed by atoms with van der Waals surface area (Å²) < 4.78 is 37.8. The molecule has 5 heterocycles. The molecule has 3 fully saturated rings. The molecule has 0 radical (unpaired) electrons. The van der Waals surface area contributed by atoms with Crippen LogP contribution in [0.5, 0.6) is 6.01 Å². The van der Waals surface area contributed by atoms with Crippen molar-refractivity contribution >= 4 is 27.5 Å². The van der Waals surface area contributed by atoms with Gasteiger partial charge in [-0.25, -0.2) is 8.78 Å². The van der Waals surface area contributed by atoms with Gasteiger partial charge in [-0.3, -0.25) is 9.88 Å². The second-order valence-electron chi connectivity index (χ2n) is 12.2. The molecular formula is C34H34F2N6O. The lowest BCUT2D eigenvalue weighted by Crippen LogP contribution is -2.43. The second-order valence-corrected chi connectivity index (χ2v) is 12.2. The number of fused-ring (bicyclic) bond motifs is 3. The molecule has 43 heavy (non-hydrogen) atoms. The van der Waals surface area contributed by atoms with E-state index in [1.165, 1.54) is 11.6 Å². The first-order chi connectivity index (χ1) is 20.8. The Kier molecular flexibility index (Phi) is 6.79. The zero-order chi connectivity index (χ0) is 29.9. The molecule has 2 aromatic carbocycles. The predicted octanol–water partition coefficient (Wildman–Crippen LogP) is 5.46. The molecule has 7 rings (SSSR count). The lowest BCUT2D eigenvalue weighted by Gasteiger charge is -2.32. The highest BCUT2D eigenvalue weighted by atomic mass is 19.1. The predicted molar refractivity (Wildman–Crippen MR) is 165 cm³/mol. The lowest BCUT2D eigenvalue weighted by atomic mass is 9.94. The van der Waals surface area contributed by atoms with Crippen molar-refractivity contribution in [1.29, 1.82) is 0 Å². The number of terminal acetylenes is 1. The Balaban J connectivity index is 1.37. The van der Waals surface area contributed by atoms with Crippen molar-refractivity contribution in [2.24, 2.45) is 0 Å². The Morgan fingerprint density at radius 3 is 2.91 bits per heavy atom. The van der Waals surface area contributed by atoms with Crippen LogP contribution in [0.1, 0.15) is 38.2 Å². The van der Waals surface area contributed by atoms with Crippen molar-refractivity contribution in [3.63, 3.8) is 0 Å². The van der Waals surface area contributed by atoms with Gasteiger partial charge in [0.15, 0.2) is 5.82 Å². The van der Waals surface area contributed by atoms with E-state index in [1.807, 2.05) is 13.1 Å². The average molecular weight is 581 g/mol. The van der Waals surface area contributed by atoms with Crippen LogP contribution in [0.15, 0.2) is 48.7 Å². The molecule has 7 nitrogen and oxygen atoms in total. The fourth-order valence-electron chi connectivity index (χ4n) is 7.41. The smallest absolute Gasteiger partial charge is 0.319 e. The molecule has 4 aromatic rings. The van der Waals surface area contributed by atoms with E-state index in [4.69, 9.17) is 16.1 Å². The van der Waals surface area contributed by atoms with Gasteiger partial charge in [0.1, 0.15) is 29.5 Å². The minimum Gasteiger partial charge on any atom is -0.461 e. The average Bonchev–Trinajstić information content (AvgIpc) is 3.69. The minimum absolute atomic E-state index is 0.0435. The summed E-state index contributed by atoms with van der Waals surface area (Å²) in [6.07, 6.45) is 11.2. The maximum atomic E-state index is 16.7. The maximum absolute atomic E-state index is 16.7. The van der Waals surface area contributed by atoms with Crippen molar-refractivity contribution in [2.75, 3.05) is 38.2 Å². The summed E-state index contributed by atoms with van der Waals surface area (Å²) in [4.78, 5) is 18.5. The third-order valence-electron chi connectivity index (χ3n) is 9.56. The van der Waals surface area contributed by atoms with Gasteiger partial charge in [-0.15, -0.1) is 6.42 Å². The van der Waals surface area contributed by atoms with Crippen LogP contribution in [-0.4, -0.2) is 70.8 Å². The van der Waals surface area contributed by atoms with E-state index in [9.17, 15) is 4.39 Å². The quantitative estimate of drug-likeness (QED) is 0.240. The van der Waals surface area contributed by atoms with Gasteiger partial charge in [-0.1, -0.05) is 42.3 Å². The highest BCUT2D eigenvalue weighted by Crippen LogP contribution is 2.42. The maximum Gasteiger partial charge on any atom is 0.319 e. The van der Waals surface area contributed by atoms with Gasteiger partial charge in [-0.2, -0.15) is 9.97 Å². The molecule has 0 aliphatic carbocycles. The van der Waals surface area contributed by atoms with Gasteiger partial charge in [0.05, 0.1) is 16.5 Å². The molecule has 2 aromatic heterocycles. The van der Waals surface area contributed by atoms with E-state index >= 15 is 4.39 Å². The fourth-order valence-corrected chi connectivity index (χ4v) is 7.41. The van der Waals surface area contributed by atoms with E-state index in [0.717, 1.165) is 45.3 Å². The number of ether oxygens (including phenoxy) is 1. The summed E-state index contributed by atoms with van der Waals surface area (Å²) in [5.41, 5.74) is 1.68. The normalized spacial score (nSPS) is 23.7. The SMILES string of the molecule is C#Cc1c(F)ccc2cccc(-c3ncc4c(N(C)[C@@H]5CCN[C@@H]5C)nc(OC[C@@]56CCCN5CC(=C)C6)nc4c3F)c12. The number of pyridine rings is 1. The number of halogens is 2. The molecule has 3 saturated heterocycles. The van der Waals surface area contributed by atoms with Crippen molar-refractivity contribution < 1.29 is 13.5 Å². The minimum atomic E-state index is -0.633. The molecule has 3 aliphatic rings. The summed E-state index contributed by atoms with van der Waals surface area (Å²) in [6.45, 7) is 9.52. The molecule has 1 N–H and O–H groups in total. The van der Waals surface area contributed by atoms with Crippen LogP contribution < -0.4 is 15.0 Å².